The fourth-order valence-electron chi connectivity index (χ4n) is 2.59. The predicted molar refractivity (Wildman–Crippen MR) is 85.0 cm³/mol. The summed E-state index contributed by atoms with van der Waals surface area (Å²) in [5.41, 5.74) is 6.07. The Kier molecular flexibility index (Phi) is 4.97. The van der Waals surface area contributed by atoms with E-state index >= 15 is 0 Å². The van der Waals surface area contributed by atoms with E-state index in [1.165, 1.54) is 22.3 Å². The average Bonchev–Trinajstić information content (AvgIpc) is 2.43. The van der Waals surface area contributed by atoms with Crippen LogP contribution in [0.5, 0.6) is 0 Å². The van der Waals surface area contributed by atoms with Gasteiger partial charge in [-0.2, -0.15) is 0 Å². The van der Waals surface area contributed by atoms with Crippen LogP contribution in [0.4, 0.5) is 0 Å². The second-order valence-electron chi connectivity index (χ2n) is 5.64. The zero-order chi connectivity index (χ0) is 14.5. The number of hydrogen-bond donors (Lipinski definition) is 1. The minimum atomic E-state index is -0.424. The molecular formula is C19H24O. The molecular weight excluding hydrogens is 244 g/mol. The SMILES string of the molecule is CCCc1cccc(C(O)Cc2cc(C)ccc2C)c1. The van der Waals surface area contributed by atoms with E-state index in [1.807, 2.05) is 12.1 Å². The van der Waals surface area contributed by atoms with Crippen LogP contribution in [-0.2, 0) is 12.8 Å². The molecule has 0 aliphatic rings. The molecule has 0 radical (unpaired) electrons. The molecule has 2 aromatic carbocycles. The summed E-state index contributed by atoms with van der Waals surface area (Å²) in [4.78, 5) is 0. The molecule has 0 aromatic heterocycles. The third kappa shape index (κ3) is 3.71. The first kappa shape index (κ1) is 14.8. The van der Waals surface area contributed by atoms with E-state index in [4.69, 9.17) is 0 Å². The smallest absolute Gasteiger partial charge is 0.0830 e. The van der Waals surface area contributed by atoms with E-state index < -0.39 is 6.10 Å². The molecule has 1 heteroatoms. The lowest BCUT2D eigenvalue weighted by molar-refractivity contribution is 0.178. The number of benzene rings is 2. The molecule has 1 N–H and O–H groups in total. The zero-order valence-corrected chi connectivity index (χ0v) is 12.7. The Balaban J connectivity index is 2.17. The van der Waals surface area contributed by atoms with E-state index in [-0.39, 0.29) is 0 Å². The topological polar surface area (TPSA) is 20.2 Å². The zero-order valence-electron chi connectivity index (χ0n) is 12.7. The van der Waals surface area contributed by atoms with Gasteiger partial charge in [0, 0.05) is 6.42 Å². The van der Waals surface area contributed by atoms with Crippen LogP contribution in [0.15, 0.2) is 42.5 Å². The van der Waals surface area contributed by atoms with Crippen LogP contribution < -0.4 is 0 Å². The lowest BCUT2D eigenvalue weighted by Crippen LogP contribution is -2.04. The van der Waals surface area contributed by atoms with Gasteiger partial charge in [0.15, 0.2) is 0 Å². The summed E-state index contributed by atoms with van der Waals surface area (Å²) in [6, 6.07) is 14.8. The molecule has 106 valence electrons. The van der Waals surface area contributed by atoms with Crippen LogP contribution in [0.25, 0.3) is 0 Å². The highest BCUT2D eigenvalue weighted by molar-refractivity contribution is 5.33. The molecule has 0 saturated carbocycles. The van der Waals surface area contributed by atoms with Gasteiger partial charge in [-0.1, -0.05) is 61.4 Å². The first-order valence-corrected chi connectivity index (χ1v) is 7.43. The molecule has 0 spiro atoms. The molecule has 0 saturated heterocycles. The highest BCUT2D eigenvalue weighted by Crippen LogP contribution is 2.22. The summed E-state index contributed by atoms with van der Waals surface area (Å²) < 4.78 is 0. The Labute approximate surface area is 122 Å². The van der Waals surface area contributed by atoms with Gasteiger partial charge in [0.1, 0.15) is 0 Å². The van der Waals surface area contributed by atoms with Gasteiger partial charge in [0.25, 0.3) is 0 Å². The molecule has 0 fully saturated rings. The van der Waals surface area contributed by atoms with Crippen molar-refractivity contribution >= 4 is 0 Å². The normalized spacial score (nSPS) is 12.4. The van der Waals surface area contributed by atoms with Crippen LogP contribution in [-0.4, -0.2) is 5.11 Å². The van der Waals surface area contributed by atoms with Crippen LogP contribution in [0.3, 0.4) is 0 Å². The maximum atomic E-state index is 10.5. The molecule has 0 heterocycles. The van der Waals surface area contributed by atoms with Gasteiger partial charge in [-0.3, -0.25) is 0 Å². The number of aliphatic hydroxyl groups is 1. The summed E-state index contributed by atoms with van der Waals surface area (Å²) in [6.45, 7) is 6.38. The summed E-state index contributed by atoms with van der Waals surface area (Å²) in [5, 5.41) is 10.5. The van der Waals surface area contributed by atoms with E-state index in [1.54, 1.807) is 0 Å². The molecule has 0 aliphatic carbocycles. The largest absolute Gasteiger partial charge is 0.388 e. The van der Waals surface area contributed by atoms with Gasteiger partial charge in [-0.05, 0) is 42.5 Å². The van der Waals surface area contributed by atoms with Crippen molar-refractivity contribution in [3.8, 4) is 0 Å². The molecule has 1 atom stereocenters. The van der Waals surface area contributed by atoms with Crippen LogP contribution in [0.2, 0.25) is 0 Å². The van der Waals surface area contributed by atoms with Crippen molar-refractivity contribution in [3.63, 3.8) is 0 Å². The minimum absolute atomic E-state index is 0.424. The number of hydrogen-bond acceptors (Lipinski definition) is 1. The van der Waals surface area contributed by atoms with Crippen LogP contribution in [0, 0.1) is 13.8 Å². The van der Waals surface area contributed by atoms with E-state index in [2.05, 4.69) is 51.1 Å². The molecule has 2 rings (SSSR count). The molecule has 2 aromatic rings. The fraction of sp³-hybridized carbons (Fsp3) is 0.368. The standard InChI is InChI=1S/C19H24O/c1-4-6-16-7-5-8-17(12-16)19(20)13-18-11-14(2)9-10-15(18)3/h5,7-12,19-20H,4,6,13H2,1-3H3. The third-order valence-corrected chi connectivity index (χ3v) is 3.79. The Morgan fingerprint density at radius 1 is 1.05 bits per heavy atom. The van der Waals surface area contributed by atoms with Gasteiger partial charge in [0.2, 0.25) is 0 Å². The summed E-state index contributed by atoms with van der Waals surface area (Å²) in [7, 11) is 0. The molecule has 0 aliphatic heterocycles. The highest BCUT2D eigenvalue weighted by atomic mass is 16.3. The minimum Gasteiger partial charge on any atom is -0.388 e. The van der Waals surface area contributed by atoms with Crippen molar-refractivity contribution in [3.05, 3.63) is 70.3 Å². The first-order chi connectivity index (χ1) is 9.60. The third-order valence-electron chi connectivity index (χ3n) is 3.79. The van der Waals surface area contributed by atoms with Gasteiger partial charge in [-0.25, -0.2) is 0 Å². The Hall–Kier alpha value is -1.60. The lowest BCUT2D eigenvalue weighted by atomic mass is 9.95. The highest BCUT2D eigenvalue weighted by Gasteiger charge is 2.11. The molecule has 1 nitrogen and oxygen atoms in total. The summed E-state index contributed by atoms with van der Waals surface area (Å²) in [6.07, 6.45) is 2.47. The maximum Gasteiger partial charge on any atom is 0.0830 e. The average molecular weight is 268 g/mol. The molecule has 0 amide bonds. The van der Waals surface area contributed by atoms with Gasteiger partial charge in [-0.15, -0.1) is 0 Å². The second kappa shape index (κ2) is 6.71. The van der Waals surface area contributed by atoms with Gasteiger partial charge >= 0.3 is 0 Å². The Morgan fingerprint density at radius 2 is 1.85 bits per heavy atom. The lowest BCUT2D eigenvalue weighted by Gasteiger charge is -2.14. The predicted octanol–water partition coefficient (Wildman–Crippen LogP) is 4.53. The summed E-state index contributed by atoms with van der Waals surface area (Å²) in [5.74, 6) is 0. The quantitative estimate of drug-likeness (QED) is 0.844. The number of aliphatic hydroxyl groups excluding tert-OH is 1. The molecule has 1 unspecified atom stereocenters. The second-order valence-corrected chi connectivity index (χ2v) is 5.64. The first-order valence-electron chi connectivity index (χ1n) is 7.43. The Morgan fingerprint density at radius 3 is 2.60 bits per heavy atom. The monoisotopic (exact) mass is 268 g/mol. The van der Waals surface area contributed by atoms with E-state index in [0.717, 1.165) is 18.4 Å². The maximum absolute atomic E-state index is 10.5. The van der Waals surface area contributed by atoms with Crippen molar-refractivity contribution in [1.82, 2.24) is 0 Å². The molecule has 20 heavy (non-hydrogen) atoms. The summed E-state index contributed by atoms with van der Waals surface area (Å²) >= 11 is 0. The van der Waals surface area contributed by atoms with Crippen molar-refractivity contribution < 1.29 is 5.11 Å². The van der Waals surface area contributed by atoms with Gasteiger partial charge in [0.05, 0.1) is 6.10 Å². The van der Waals surface area contributed by atoms with Crippen molar-refractivity contribution in [1.29, 1.82) is 0 Å². The number of rotatable bonds is 5. The van der Waals surface area contributed by atoms with Crippen molar-refractivity contribution in [2.24, 2.45) is 0 Å². The van der Waals surface area contributed by atoms with Crippen LogP contribution in [0.1, 0.15) is 47.3 Å². The van der Waals surface area contributed by atoms with Crippen molar-refractivity contribution in [2.45, 2.75) is 46.1 Å². The Bertz CT molecular complexity index is 572. The van der Waals surface area contributed by atoms with E-state index in [9.17, 15) is 5.11 Å². The molecule has 0 bridgehead atoms. The van der Waals surface area contributed by atoms with Crippen molar-refractivity contribution in [2.75, 3.05) is 0 Å². The van der Waals surface area contributed by atoms with E-state index in [0.29, 0.717) is 6.42 Å². The number of aryl methyl sites for hydroxylation is 3. The fourth-order valence-corrected chi connectivity index (χ4v) is 2.59. The van der Waals surface area contributed by atoms with Gasteiger partial charge < -0.3 is 5.11 Å². The van der Waals surface area contributed by atoms with Crippen LogP contribution >= 0.6 is 0 Å².